The molecule has 0 aliphatic heterocycles. The average Bonchev–Trinajstić information content (AvgIpc) is 2.62. The monoisotopic (exact) mass is 353 g/mol. The van der Waals surface area contributed by atoms with Gasteiger partial charge in [-0.05, 0) is 74.4 Å². The summed E-state index contributed by atoms with van der Waals surface area (Å²) in [7, 11) is 0. The molecule has 0 aliphatic rings. The lowest BCUT2D eigenvalue weighted by Crippen LogP contribution is -2.40. The summed E-state index contributed by atoms with van der Waals surface area (Å²) in [5.41, 5.74) is 5.82. The first-order valence-corrected chi connectivity index (χ1v) is 9.47. The molecule has 1 amide bonds. The van der Waals surface area contributed by atoms with Crippen LogP contribution in [0, 0.1) is 27.7 Å². The highest BCUT2D eigenvalue weighted by Gasteiger charge is 2.22. The van der Waals surface area contributed by atoms with Crippen LogP contribution in [-0.4, -0.2) is 12.0 Å². The van der Waals surface area contributed by atoms with E-state index in [9.17, 15) is 4.79 Å². The second kappa shape index (κ2) is 8.88. The van der Waals surface area contributed by atoms with Gasteiger partial charge in [0.05, 0.1) is 6.04 Å². The minimum Gasteiger partial charge on any atom is -0.480 e. The second-order valence-electron chi connectivity index (χ2n) is 7.10. The van der Waals surface area contributed by atoms with Gasteiger partial charge in [-0.15, -0.1) is 0 Å². The summed E-state index contributed by atoms with van der Waals surface area (Å²) in [5, 5.41) is 3.17. The lowest BCUT2D eigenvalue weighted by Gasteiger charge is -2.23. The van der Waals surface area contributed by atoms with E-state index < -0.39 is 6.10 Å². The van der Waals surface area contributed by atoms with E-state index in [2.05, 4.69) is 50.4 Å². The first kappa shape index (κ1) is 20.0. The van der Waals surface area contributed by atoms with E-state index in [1.807, 2.05) is 32.9 Å². The van der Waals surface area contributed by atoms with Crippen LogP contribution in [0.15, 0.2) is 36.4 Å². The molecular formula is C23H31NO2. The smallest absolute Gasteiger partial charge is 0.261 e. The third-order valence-electron chi connectivity index (χ3n) is 4.93. The van der Waals surface area contributed by atoms with E-state index in [1.54, 1.807) is 0 Å². The van der Waals surface area contributed by atoms with Crippen LogP contribution in [0.3, 0.4) is 0 Å². The van der Waals surface area contributed by atoms with Crippen LogP contribution in [0.2, 0.25) is 0 Å². The molecule has 0 aliphatic carbocycles. The van der Waals surface area contributed by atoms with Crippen LogP contribution in [-0.2, 0) is 4.79 Å². The van der Waals surface area contributed by atoms with Crippen molar-refractivity contribution in [3.63, 3.8) is 0 Å². The fourth-order valence-electron chi connectivity index (χ4n) is 2.98. The summed E-state index contributed by atoms with van der Waals surface area (Å²) in [6.45, 7) is 12.3. The van der Waals surface area contributed by atoms with Crippen molar-refractivity contribution in [3.8, 4) is 5.75 Å². The van der Waals surface area contributed by atoms with Crippen LogP contribution in [0.1, 0.15) is 60.5 Å². The molecule has 26 heavy (non-hydrogen) atoms. The van der Waals surface area contributed by atoms with Gasteiger partial charge in [-0.25, -0.2) is 0 Å². The molecule has 2 atom stereocenters. The number of carbonyl (C=O) groups excluding carboxylic acids is 1. The number of hydrogen-bond acceptors (Lipinski definition) is 2. The van der Waals surface area contributed by atoms with E-state index in [0.29, 0.717) is 6.42 Å². The predicted molar refractivity (Wildman–Crippen MR) is 108 cm³/mol. The molecule has 0 aromatic heterocycles. The molecule has 3 heteroatoms. The number of benzene rings is 2. The van der Waals surface area contributed by atoms with Crippen molar-refractivity contribution in [1.29, 1.82) is 0 Å². The van der Waals surface area contributed by atoms with Gasteiger partial charge in [0.15, 0.2) is 6.10 Å². The van der Waals surface area contributed by atoms with Crippen molar-refractivity contribution in [1.82, 2.24) is 5.32 Å². The molecule has 1 N–H and O–H groups in total. The predicted octanol–water partition coefficient (Wildman–Crippen LogP) is 5.35. The molecule has 0 bridgehead atoms. The van der Waals surface area contributed by atoms with Crippen LogP contribution in [0.25, 0.3) is 0 Å². The Morgan fingerprint density at radius 2 is 1.62 bits per heavy atom. The van der Waals surface area contributed by atoms with Crippen molar-refractivity contribution >= 4 is 5.91 Å². The van der Waals surface area contributed by atoms with Crippen molar-refractivity contribution in [3.05, 3.63) is 64.2 Å². The highest BCUT2D eigenvalue weighted by Crippen LogP contribution is 2.23. The van der Waals surface area contributed by atoms with E-state index in [1.165, 1.54) is 11.1 Å². The van der Waals surface area contributed by atoms with E-state index >= 15 is 0 Å². The maximum atomic E-state index is 12.8. The maximum absolute atomic E-state index is 12.8. The lowest BCUT2D eigenvalue weighted by atomic mass is 9.99. The first-order chi connectivity index (χ1) is 12.3. The third kappa shape index (κ3) is 4.87. The van der Waals surface area contributed by atoms with Crippen LogP contribution < -0.4 is 10.1 Å². The Hall–Kier alpha value is -2.29. The van der Waals surface area contributed by atoms with Crippen LogP contribution in [0.5, 0.6) is 5.75 Å². The summed E-state index contributed by atoms with van der Waals surface area (Å²) >= 11 is 0. The van der Waals surface area contributed by atoms with Gasteiger partial charge in [0, 0.05) is 0 Å². The van der Waals surface area contributed by atoms with Gasteiger partial charge < -0.3 is 10.1 Å². The molecule has 3 nitrogen and oxygen atoms in total. The average molecular weight is 354 g/mol. The highest BCUT2D eigenvalue weighted by atomic mass is 16.5. The third-order valence-corrected chi connectivity index (χ3v) is 4.93. The van der Waals surface area contributed by atoms with E-state index in [4.69, 9.17) is 4.74 Å². The van der Waals surface area contributed by atoms with Gasteiger partial charge in [-0.3, -0.25) is 4.79 Å². The number of aryl methyl sites for hydroxylation is 4. The zero-order chi connectivity index (χ0) is 19.3. The molecule has 0 saturated carbocycles. The number of carbonyl (C=O) groups is 1. The molecule has 2 aromatic carbocycles. The first-order valence-electron chi connectivity index (χ1n) is 9.47. The Morgan fingerprint density at radius 3 is 2.23 bits per heavy atom. The standard InChI is InChI=1S/C23H31NO2/c1-7-20(19-12-11-16(4)18(6)14-19)24-23(25)21(8-2)26-22-13-15(3)9-10-17(22)5/h9-14,20-21H,7-8H2,1-6H3,(H,24,25)/t20-,21-/m0/s1. The number of rotatable bonds is 7. The molecule has 0 unspecified atom stereocenters. The Labute approximate surface area is 157 Å². The fourth-order valence-corrected chi connectivity index (χ4v) is 2.98. The summed E-state index contributed by atoms with van der Waals surface area (Å²) in [5.74, 6) is 0.727. The highest BCUT2D eigenvalue weighted by molar-refractivity contribution is 5.81. The topological polar surface area (TPSA) is 38.3 Å². The molecule has 0 heterocycles. The Kier molecular flexibility index (Phi) is 6.84. The van der Waals surface area contributed by atoms with Gasteiger partial charge in [0.1, 0.15) is 5.75 Å². The van der Waals surface area contributed by atoms with Crippen LogP contribution in [0.4, 0.5) is 0 Å². The van der Waals surface area contributed by atoms with E-state index in [0.717, 1.165) is 28.9 Å². The van der Waals surface area contributed by atoms with Crippen LogP contribution >= 0.6 is 0 Å². The van der Waals surface area contributed by atoms with Crippen molar-refractivity contribution in [2.45, 2.75) is 66.5 Å². The normalized spacial score (nSPS) is 13.2. The Bertz CT molecular complexity index is 767. The van der Waals surface area contributed by atoms with Gasteiger partial charge in [-0.1, -0.05) is 44.2 Å². The molecule has 0 saturated heterocycles. The van der Waals surface area contributed by atoms with Crippen molar-refractivity contribution < 1.29 is 9.53 Å². The fraction of sp³-hybridized carbons (Fsp3) is 0.435. The van der Waals surface area contributed by atoms with Gasteiger partial charge in [-0.2, -0.15) is 0 Å². The Morgan fingerprint density at radius 1 is 0.923 bits per heavy atom. The molecule has 0 radical (unpaired) electrons. The minimum atomic E-state index is -0.490. The summed E-state index contributed by atoms with van der Waals surface area (Å²) in [6, 6.07) is 12.4. The SMILES string of the molecule is CC[C@H](Oc1cc(C)ccc1C)C(=O)N[C@@H](CC)c1ccc(C)c(C)c1. The second-order valence-corrected chi connectivity index (χ2v) is 7.10. The molecule has 2 aromatic rings. The van der Waals surface area contributed by atoms with E-state index in [-0.39, 0.29) is 11.9 Å². The molecule has 2 rings (SSSR count). The summed E-state index contributed by atoms with van der Waals surface area (Å²) in [6.07, 6.45) is 0.979. The van der Waals surface area contributed by atoms with Gasteiger partial charge in [0.25, 0.3) is 5.91 Å². The quantitative estimate of drug-likeness (QED) is 0.729. The molecule has 0 fully saturated rings. The zero-order valence-electron chi connectivity index (χ0n) is 16.8. The summed E-state index contributed by atoms with van der Waals surface area (Å²) < 4.78 is 6.05. The summed E-state index contributed by atoms with van der Waals surface area (Å²) in [4.78, 5) is 12.8. The number of hydrogen-bond donors (Lipinski definition) is 1. The number of amides is 1. The van der Waals surface area contributed by atoms with Crippen molar-refractivity contribution in [2.75, 3.05) is 0 Å². The molecular weight excluding hydrogens is 322 g/mol. The molecule has 0 spiro atoms. The maximum Gasteiger partial charge on any atom is 0.261 e. The van der Waals surface area contributed by atoms with Crippen molar-refractivity contribution in [2.24, 2.45) is 0 Å². The minimum absolute atomic E-state index is 0.00180. The van der Waals surface area contributed by atoms with Gasteiger partial charge in [0.2, 0.25) is 0 Å². The number of nitrogens with one attached hydrogen (secondary N) is 1. The molecule has 140 valence electrons. The zero-order valence-corrected chi connectivity index (χ0v) is 16.8. The lowest BCUT2D eigenvalue weighted by molar-refractivity contribution is -0.129. The van der Waals surface area contributed by atoms with Gasteiger partial charge >= 0.3 is 0 Å². The largest absolute Gasteiger partial charge is 0.480 e. The number of ether oxygens (including phenoxy) is 1. The Balaban J connectivity index is 2.13.